The molecule has 5 heterocycles. The van der Waals surface area contributed by atoms with Crippen molar-refractivity contribution < 1.29 is 0 Å². The molecule has 0 saturated heterocycles. The van der Waals surface area contributed by atoms with E-state index in [1.54, 1.807) is 0 Å². The van der Waals surface area contributed by atoms with Crippen LogP contribution in [-0.2, 0) is 21.7 Å². The van der Waals surface area contributed by atoms with Gasteiger partial charge in [-0.15, -0.1) is 0 Å². The van der Waals surface area contributed by atoms with Crippen molar-refractivity contribution in [3.63, 3.8) is 0 Å². The summed E-state index contributed by atoms with van der Waals surface area (Å²) < 4.78 is 0. The molecule has 0 spiro atoms. The Balaban J connectivity index is 1.27. The third-order valence-corrected chi connectivity index (χ3v) is 15.7. The largest absolute Gasteiger partial charge is 0.354 e. The van der Waals surface area contributed by atoms with E-state index >= 15 is 0 Å². The van der Waals surface area contributed by atoms with Gasteiger partial charge < -0.3 is 9.97 Å². The minimum atomic E-state index is -0.124. The van der Waals surface area contributed by atoms with Gasteiger partial charge in [0.2, 0.25) is 0 Å². The number of hydrogen-bond donors (Lipinski definition) is 2. The van der Waals surface area contributed by atoms with Gasteiger partial charge >= 0.3 is 0 Å². The number of nitriles is 2. The first-order valence-electron chi connectivity index (χ1n) is 27.7. The first-order valence-corrected chi connectivity index (χ1v) is 27.7. The standard InChI is InChI=1S/C74H68N6/c1-71(2,3)55-37-53(38-56(41-55)72(4,5)6)69-63-33-29-59(77-63)67(51-25-21-49(22-26-51)47-17-13-45(43-75)14-18-47)61-31-35-65(79-61)70(54-39-57(73(7,8)9)42-58(40-54)74(10,11)12)66-36-32-62(80-66)68(60-30-34-64(69)78-60)52-27-23-50(24-28-52)48-19-15-46(44-76)16-20-48/h13-42,77,80H,1-12H3. The summed E-state index contributed by atoms with van der Waals surface area (Å²) in [5, 5.41) is 19.1. The first-order chi connectivity index (χ1) is 38.0. The Kier molecular flexibility index (Phi) is 13.2. The predicted molar refractivity (Wildman–Crippen MR) is 336 cm³/mol. The van der Waals surface area contributed by atoms with Crippen LogP contribution in [0.1, 0.15) is 139 Å². The quantitative estimate of drug-likeness (QED) is 0.173. The summed E-state index contributed by atoms with van der Waals surface area (Å²) in [7, 11) is 0. The average molecular weight is 1040 g/mol. The summed E-state index contributed by atoms with van der Waals surface area (Å²) in [5.74, 6) is 0. The van der Waals surface area contributed by atoms with Crippen LogP contribution in [0.2, 0.25) is 0 Å². The van der Waals surface area contributed by atoms with Crippen LogP contribution < -0.4 is 0 Å². The fourth-order valence-electron chi connectivity index (χ4n) is 10.8. The second-order valence-corrected chi connectivity index (χ2v) is 25.6. The molecular weight excluding hydrogens is 973 g/mol. The number of fused-ring (bicyclic) bond motifs is 8. The van der Waals surface area contributed by atoms with Crippen LogP contribution in [0.3, 0.4) is 0 Å². The molecule has 3 aromatic heterocycles. The maximum Gasteiger partial charge on any atom is 0.0991 e. The van der Waals surface area contributed by atoms with Crippen LogP contribution >= 0.6 is 0 Å². The van der Waals surface area contributed by atoms with Gasteiger partial charge in [0.15, 0.2) is 0 Å². The fourth-order valence-corrected chi connectivity index (χ4v) is 10.8. The molecule has 0 fully saturated rings. The SMILES string of the molecule is CC(C)(C)c1cc(-c2c3nc(c(-c4ccc(-c5ccc(C#N)cc5)cc4)c4ccc([nH]4)c(-c4cc(C(C)(C)C)cc(C(C)(C)C)c4)c4nc(c(-c5ccc(-c6ccc(C#N)cc6)cc5)c5ccc2[nH]5)C=C4)C=C3)cc(C(C)(C)C)c1. The first kappa shape index (κ1) is 52.9. The van der Waals surface area contributed by atoms with E-state index in [1.165, 1.54) is 22.3 Å². The van der Waals surface area contributed by atoms with Crippen LogP contribution in [0.25, 0.3) is 113 Å². The zero-order chi connectivity index (χ0) is 56.5. The molecule has 6 nitrogen and oxygen atoms in total. The van der Waals surface area contributed by atoms with Crippen molar-refractivity contribution in [2.75, 3.05) is 0 Å². The van der Waals surface area contributed by atoms with Gasteiger partial charge in [-0.2, -0.15) is 10.5 Å². The van der Waals surface area contributed by atoms with Gasteiger partial charge in [0.05, 0.1) is 46.0 Å². The van der Waals surface area contributed by atoms with Crippen molar-refractivity contribution in [3.8, 4) is 78.9 Å². The molecule has 6 aromatic carbocycles. The molecule has 2 aliphatic rings. The van der Waals surface area contributed by atoms with E-state index < -0.39 is 0 Å². The maximum absolute atomic E-state index is 9.54. The van der Waals surface area contributed by atoms with E-state index in [-0.39, 0.29) is 21.7 Å². The summed E-state index contributed by atoms with van der Waals surface area (Å²) >= 11 is 0. The Labute approximate surface area is 472 Å². The second-order valence-electron chi connectivity index (χ2n) is 25.6. The molecule has 9 aromatic rings. The van der Waals surface area contributed by atoms with Crippen LogP contribution in [0, 0.1) is 22.7 Å². The van der Waals surface area contributed by atoms with Crippen LogP contribution in [0.5, 0.6) is 0 Å². The summed E-state index contributed by atoms with van der Waals surface area (Å²) in [4.78, 5) is 19.4. The van der Waals surface area contributed by atoms with Crippen LogP contribution in [-0.4, -0.2) is 19.9 Å². The summed E-state index contributed by atoms with van der Waals surface area (Å²) in [6.45, 7) is 27.4. The third-order valence-electron chi connectivity index (χ3n) is 15.7. The van der Waals surface area contributed by atoms with Gasteiger partial charge in [0.25, 0.3) is 0 Å². The molecule has 394 valence electrons. The molecule has 0 atom stereocenters. The van der Waals surface area contributed by atoms with E-state index in [4.69, 9.17) is 9.97 Å². The van der Waals surface area contributed by atoms with Crippen molar-refractivity contribution in [1.29, 1.82) is 10.5 Å². The normalized spacial score (nSPS) is 12.6. The van der Waals surface area contributed by atoms with Gasteiger partial charge in [0.1, 0.15) is 0 Å². The fraction of sp³-hybridized carbons (Fsp3) is 0.216. The average Bonchev–Trinajstić information content (AvgIpc) is 4.30. The summed E-state index contributed by atoms with van der Waals surface area (Å²) in [5.41, 5.74) is 25.3. The highest BCUT2D eigenvalue weighted by Crippen LogP contribution is 2.43. The third kappa shape index (κ3) is 10.4. The van der Waals surface area contributed by atoms with Gasteiger partial charge in [-0.1, -0.05) is 192 Å². The Morgan fingerprint density at radius 3 is 0.750 bits per heavy atom. The predicted octanol–water partition coefficient (Wildman–Crippen LogP) is 19.6. The van der Waals surface area contributed by atoms with Gasteiger partial charge in [0, 0.05) is 44.3 Å². The molecule has 11 rings (SSSR count). The lowest BCUT2D eigenvalue weighted by atomic mass is 9.78. The van der Waals surface area contributed by atoms with E-state index in [2.05, 4.69) is 239 Å². The Morgan fingerprint density at radius 1 is 0.287 bits per heavy atom. The van der Waals surface area contributed by atoms with E-state index in [1.807, 2.05) is 48.5 Å². The molecule has 80 heavy (non-hydrogen) atoms. The smallest absolute Gasteiger partial charge is 0.0991 e. The maximum atomic E-state index is 9.54. The number of aromatic nitrogens is 4. The molecule has 0 saturated carbocycles. The lowest BCUT2D eigenvalue weighted by Gasteiger charge is -2.26. The van der Waals surface area contributed by atoms with Crippen molar-refractivity contribution in [3.05, 3.63) is 214 Å². The van der Waals surface area contributed by atoms with Gasteiger partial charge in [-0.05, 0) is 161 Å². The lowest BCUT2D eigenvalue weighted by molar-refractivity contribution is 0.568. The monoisotopic (exact) mass is 1040 g/mol. The number of aromatic amines is 2. The van der Waals surface area contributed by atoms with Gasteiger partial charge in [-0.25, -0.2) is 9.97 Å². The number of nitrogens with one attached hydrogen (secondary N) is 2. The zero-order valence-corrected chi connectivity index (χ0v) is 48.1. The number of rotatable bonds is 6. The Hall–Kier alpha value is -9.10. The van der Waals surface area contributed by atoms with Crippen molar-refractivity contribution in [2.45, 2.75) is 105 Å². The molecule has 8 bridgehead atoms. The summed E-state index contributed by atoms with van der Waals surface area (Å²) in [6, 6.07) is 60.4. The number of benzene rings is 6. The van der Waals surface area contributed by atoms with Crippen LogP contribution in [0.15, 0.2) is 158 Å². The number of nitrogens with zero attached hydrogens (tertiary/aromatic N) is 4. The highest BCUT2D eigenvalue weighted by Gasteiger charge is 2.26. The minimum Gasteiger partial charge on any atom is -0.354 e. The van der Waals surface area contributed by atoms with Crippen molar-refractivity contribution >= 4 is 46.4 Å². The van der Waals surface area contributed by atoms with E-state index in [0.29, 0.717) is 11.1 Å². The lowest BCUT2D eigenvalue weighted by Crippen LogP contribution is -2.16. The Morgan fingerprint density at radius 2 is 0.512 bits per heavy atom. The molecule has 0 amide bonds. The number of H-pyrrole nitrogens is 2. The van der Waals surface area contributed by atoms with Crippen LogP contribution in [0.4, 0.5) is 0 Å². The molecule has 0 radical (unpaired) electrons. The van der Waals surface area contributed by atoms with Gasteiger partial charge in [-0.3, -0.25) is 0 Å². The van der Waals surface area contributed by atoms with Crippen molar-refractivity contribution in [1.82, 2.24) is 19.9 Å². The minimum absolute atomic E-state index is 0.124. The van der Waals surface area contributed by atoms with E-state index in [9.17, 15) is 10.5 Å². The molecule has 0 unspecified atom stereocenters. The van der Waals surface area contributed by atoms with E-state index in [0.717, 1.165) is 112 Å². The second kappa shape index (κ2) is 20.0. The molecule has 2 aliphatic heterocycles. The Bertz CT molecular complexity index is 3890. The molecule has 2 N–H and O–H groups in total. The molecular formula is C74H68N6. The summed E-state index contributed by atoms with van der Waals surface area (Å²) in [6.07, 6.45) is 8.70. The molecule has 6 heteroatoms. The highest BCUT2D eigenvalue weighted by atomic mass is 14.8. The van der Waals surface area contributed by atoms with Crippen molar-refractivity contribution in [2.24, 2.45) is 0 Å². The number of hydrogen-bond acceptors (Lipinski definition) is 4. The zero-order valence-electron chi connectivity index (χ0n) is 48.1. The topological polar surface area (TPSA) is 105 Å². The highest BCUT2D eigenvalue weighted by molar-refractivity contribution is 6.00. The molecule has 0 aliphatic carbocycles.